The van der Waals surface area contributed by atoms with Crippen LogP contribution in [0.2, 0.25) is 0 Å². The first-order valence-electron chi connectivity index (χ1n) is 8.93. The highest BCUT2D eigenvalue weighted by atomic mass is 16.6. The Hall–Kier alpha value is -3.31. The van der Waals surface area contributed by atoms with Gasteiger partial charge in [-0.15, -0.1) is 0 Å². The average molecular weight is 358 g/mol. The molecule has 134 valence electrons. The fraction of sp³-hybridized carbons (Fsp3) is 0.136. The van der Waals surface area contributed by atoms with Crippen molar-refractivity contribution in [1.82, 2.24) is 10.9 Å². The molecule has 0 radical (unpaired) electrons. The van der Waals surface area contributed by atoms with Crippen molar-refractivity contribution in [2.45, 2.75) is 12.1 Å². The monoisotopic (exact) mass is 358 g/mol. The molecule has 1 aliphatic carbocycles. The lowest BCUT2D eigenvalue weighted by atomic mass is 10.1. The van der Waals surface area contributed by atoms with Gasteiger partial charge in [-0.05, 0) is 34.4 Å². The Labute approximate surface area is 156 Å². The second-order valence-corrected chi connectivity index (χ2v) is 6.61. The smallest absolute Gasteiger partial charge is 0.278 e. The molecule has 1 heterocycles. The third kappa shape index (κ3) is 2.73. The van der Waals surface area contributed by atoms with Gasteiger partial charge in [0.15, 0.2) is 11.5 Å². The van der Waals surface area contributed by atoms with Crippen LogP contribution in [0.5, 0.6) is 11.5 Å². The van der Waals surface area contributed by atoms with Crippen LogP contribution in [0.4, 0.5) is 0 Å². The van der Waals surface area contributed by atoms with E-state index in [0.717, 1.165) is 11.1 Å². The van der Waals surface area contributed by atoms with E-state index in [4.69, 9.17) is 9.47 Å². The number of nitrogens with one attached hydrogen (secondary N) is 2. The predicted molar refractivity (Wildman–Crippen MR) is 101 cm³/mol. The average Bonchev–Trinajstić information content (AvgIpc) is 3.05. The van der Waals surface area contributed by atoms with E-state index in [0.29, 0.717) is 11.5 Å². The minimum atomic E-state index is -0.695. The zero-order valence-electron chi connectivity index (χ0n) is 14.5. The summed E-state index contributed by atoms with van der Waals surface area (Å²) in [6.45, 7) is 0.183. The highest BCUT2D eigenvalue weighted by Crippen LogP contribution is 2.42. The van der Waals surface area contributed by atoms with Crippen molar-refractivity contribution in [2.24, 2.45) is 0 Å². The number of amides is 1. The lowest BCUT2D eigenvalue weighted by molar-refractivity contribution is -0.131. The third-order valence-corrected chi connectivity index (χ3v) is 4.97. The molecule has 3 aromatic rings. The summed E-state index contributed by atoms with van der Waals surface area (Å²) in [5.74, 6) is 0.986. The van der Waals surface area contributed by atoms with Gasteiger partial charge in [0, 0.05) is 0 Å². The summed E-state index contributed by atoms with van der Waals surface area (Å²) in [7, 11) is 0. The lowest BCUT2D eigenvalue weighted by Crippen LogP contribution is -2.50. The Bertz CT molecular complexity index is 972. The number of fused-ring (bicyclic) bond motifs is 4. The van der Waals surface area contributed by atoms with Crippen molar-refractivity contribution in [3.63, 3.8) is 0 Å². The lowest BCUT2D eigenvalue weighted by Gasteiger charge is -2.26. The number of para-hydroxylation sites is 2. The zero-order chi connectivity index (χ0) is 18.2. The molecule has 0 aromatic heterocycles. The summed E-state index contributed by atoms with van der Waals surface area (Å²) < 4.78 is 11.4. The van der Waals surface area contributed by atoms with Crippen LogP contribution in [0.3, 0.4) is 0 Å². The largest absolute Gasteiger partial charge is 0.485 e. The van der Waals surface area contributed by atoms with Crippen LogP contribution in [0.1, 0.15) is 17.2 Å². The number of ether oxygens (including phenoxy) is 2. The van der Waals surface area contributed by atoms with Crippen LogP contribution in [0, 0.1) is 0 Å². The molecule has 1 atom stereocenters. The SMILES string of the molecule is O=C(NNC1c2ccccc2-c2ccccc21)C1COc2ccccc2O1. The zero-order valence-corrected chi connectivity index (χ0v) is 14.5. The van der Waals surface area contributed by atoms with E-state index in [1.807, 2.05) is 42.5 Å². The van der Waals surface area contributed by atoms with Crippen LogP contribution in [0.25, 0.3) is 11.1 Å². The molecule has 2 aliphatic rings. The first-order chi connectivity index (χ1) is 13.3. The molecule has 5 nitrogen and oxygen atoms in total. The van der Waals surface area contributed by atoms with Crippen LogP contribution < -0.4 is 20.3 Å². The molecule has 1 unspecified atom stereocenters. The summed E-state index contributed by atoms with van der Waals surface area (Å²) >= 11 is 0. The highest BCUT2D eigenvalue weighted by Gasteiger charge is 2.31. The number of carbonyl (C=O) groups is 1. The van der Waals surface area contributed by atoms with Crippen molar-refractivity contribution in [1.29, 1.82) is 0 Å². The van der Waals surface area contributed by atoms with Crippen molar-refractivity contribution >= 4 is 5.91 Å². The van der Waals surface area contributed by atoms with Gasteiger partial charge in [-0.25, -0.2) is 5.43 Å². The van der Waals surface area contributed by atoms with Gasteiger partial charge in [0.1, 0.15) is 6.61 Å². The summed E-state index contributed by atoms with van der Waals surface area (Å²) in [6, 6.07) is 23.7. The van der Waals surface area contributed by atoms with Crippen LogP contribution >= 0.6 is 0 Å². The van der Waals surface area contributed by atoms with E-state index < -0.39 is 6.10 Å². The number of hydrogen-bond donors (Lipinski definition) is 2. The standard InChI is InChI=1S/C22H18N2O3/c25-22(20-13-26-18-11-5-6-12-19(18)27-20)24-23-21-16-9-3-1-7-14(16)15-8-2-4-10-17(15)21/h1-12,20-21,23H,13H2,(H,24,25). The molecule has 0 bridgehead atoms. The molecule has 5 heteroatoms. The Morgan fingerprint density at radius 2 is 1.41 bits per heavy atom. The van der Waals surface area contributed by atoms with Gasteiger partial charge in [-0.1, -0.05) is 60.7 Å². The first-order valence-corrected chi connectivity index (χ1v) is 8.93. The Balaban J connectivity index is 1.33. The van der Waals surface area contributed by atoms with Crippen molar-refractivity contribution in [3.8, 4) is 22.6 Å². The van der Waals surface area contributed by atoms with Crippen molar-refractivity contribution in [2.75, 3.05) is 6.61 Å². The van der Waals surface area contributed by atoms with E-state index in [9.17, 15) is 4.79 Å². The number of hydrogen-bond acceptors (Lipinski definition) is 4. The van der Waals surface area contributed by atoms with Crippen molar-refractivity contribution in [3.05, 3.63) is 83.9 Å². The van der Waals surface area contributed by atoms with E-state index >= 15 is 0 Å². The van der Waals surface area contributed by atoms with Gasteiger partial charge in [0.2, 0.25) is 6.10 Å². The Morgan fingerprint density at radius 1 is 0.815 bits per heavy atom. The molecular formula is C22H18N2O3. The summed E-state index contributed by atoms with van der Waals surface area (Å²) in [4.78, 5) is 12.6. The van der Waals surface area contributed by atoms with Crippen LogP contribution in [-0.2, 0) is 4.79 Å². The maximum absolute atomic E-state index is 12.6. The minimum Gasteiger partial charge on any atom is -0.485 e. The topological polar surface area (TPSA) is 59.6 Å². The second kappa shape index (κ2) is 6.45. The van der Waals surface area contributed by atoms with E-state index in [1.165, 1.54) is 11.1 Å². The fourth-order valence-corrected chi connectivity index (χ4v) is 3.68. The fourth-order valence-electron chi connectivity index (χ4n) is 3.68. The van der Waals surface area contributed by atoms with Crippen LogP contribution in [0.15, 0.2) is 72.8 Å². The van der Waals surface area contributed by atoms with E-state index in [-0.39, 0.29) is 18.6 Å². The first kappa shape index (κ1) is 15.9. The Kier molecular flexibility index (Phi) is 3.80. The van der Waals surface area contributed by atoms with Gasteiger partial charge in [-0.2, -0.15) is 0 Å². The molecule has 27 heavy (non-hydrogen) atoms. The van der Waals surface area contributed by atoms with Crippen molar-refractivity contribution < 1.29 is 14.3 Å². The summed E-state index contributed by atoms with van der Waals surface area (Å²) in [5.41, 5.74) is 10.7. The second-order valence-electron chi connectivity index (χ2n) is 6.61. The van der Waals surface area contributed by atoms with Gasteiger partial charge in [0.05, 0.1) is 6.04 Å². The maximum atomic E-state index is 12.6. The molecule has 0 fully saturated rings. The molecule has 1 amide bonds. The highest BCUT2D eigenvalue weighted by molar-refractivity contribution is 5.82. The van der Waals surface area contributed by atoms with Gasteiger partial charge in [0.25, 0.3) is 5.91 Å². The summed E-state index contributed by atoms with van der Waals surface area (Å²) in [6.07, 6.45) is -0.695. The van der Waals surface area contributed by atoms with Crippen LogP contribution in [-0.4, -0.2) is 18.6 Å². The number of carbonyl (C=O) groups excluding carboxylic acids is 1. The molecule has 5 rings (SSSR count). The molecular weight excluding hydrogens is 340 g/mol. The minimum absolute atomic E-state index is 0.0989. The van der Waals surface area contributed by atoms with Gasteiger partial charge >= 0.3 is 0 Å². The Morgan fingerprint density at radius 3 is 2.11 bits per heavy atom. The molecule has 1 aliphatic heterocycles. The number of benzene rings is 3. The number of rotatable bonds is 3. The third-order valence-electron chi connectivity index (χ3n) is 4.97. The predicted octanol–water partition coefficient (Wildman–Crippen LogP) is 3.22. The molecule has 2 N–H and O–H groups in total. The van der Waals surface area contributed by atoms with Gasteiger partial charge < -0.3 is 9.47 Å². The molecule has 0 saturated heterocycles. The summed E-state index contributed by atoms with van der Waals surface area (Å²) in [5, 5.41) is 0. The normalized spacial score (nSPS) is 17.1. The number of hydrazine groups is 1. The van der Waals surface area contributed by atoms with E-state index in [1.54, 1.807) is 6.07 Å². The molecule has 0 spiro atoms. The molecule has 3 aromatic carbocycles. The maximum Gasteiger partial charge on any atom is 0.278 e. The quantitative estimate of drug-likeness (QED) is 0.706. The molecule has 0 saturated carbocycles. The van der Waals surface area contributed by atoms with Gasteiger partial charge in [-0.3, -0.25) is 10.2 Å². The van der Waals surface area contributed by atoms with E-state index in [2.05, 4.69) is 35.1 Å².